The van der Waals surface area contributed by atoms with Gasteiger partial charge in [0.25, 0.3) is 5.91 Å². The van der Waals surface area contributed by atoms with Crippen molar-refractivity contribution in [2.24, 2.45) is 0 Å². The Labute approximate surface area is 116 Å². The summed E-state index contributed by atoms with van der Waals surface area (Å²) < 4.78 is 43.2. The van der Waals surface area contributed by atoms with E-state index in [0.29, 0.717) is 13.0 Å². The van der Waals surface area contributed by atoms with Crippen LogP contribution in [-0.2, 0) is 19.6 Å². The van der Waals surface area contributed by atoms with Crippen LogP contribution in [0.3, 0.4) is 0 Å². The van der Waals surface area contributed by atoms with Crippen LogP contribution in [0.15, 0.2) is 18.2 Å². The number of anilines is 2. The van der Waals surface area contributed by atoms with E-state index in [1.807, 2.05) is 0 Å². The van der Waals surface area contributed by atoms with E-state index in [-0.39, 0.29) is 11.4 Å². The summed E-state index contributed by atoms with van der Waals surface area (Å²) in [7, 11) is -3.52. The van der Waals surface area contributed by atoms with Crippen molar-refractivity contribution < 1.29 is 22.3 Å². The molecule has 1 aliphatic rings. The number of halogens is 1. The van der Waals surface area contributed by atoms with E-state index in [1.165, 1.54) is 6.07 Å². The van der Waals surface area contributed by atoms with E-state index < -0.39 is 27.9 Å². The molecule has 1 saturated heterocycles. The Kier molecular flexibility index (Phi) is 4.24. The summed E-state index contributed by atoms with van der Waals surface area (Å²) in [6.45, 7) is 0.510. The summed E-state index contributed by atoms with van der Waals surface area (Å²) >= 11 is 0. The first-order chi connectivity index (χ1) is 9.35. The number of sulfonamides is 1. The SMILES string of the molecule is CS(=O)(=O)Nc1ccc(F)cc1NC(=O)C1CCCO1. The van der Waals surface area contributed by atoms with Crippen LogP contribution in [-0.4, -0.2) is 33.3 Å². The lowest BCUT2D eigenvalue weighted by atomic mass is 10.2. The van der Waals surface area contributed by atoms with Crippen LogP contribution < -0.4 is 10.0 Å². The molecule has 6 nitrogen and oxygen atoms in total. The van der Waals surface area contributed by atoms with Crippen LogP contribution in [0.25, 0.3) is 0 Å². The smallest absolute Gasteiger partial charge is 0.253 e. The molecule has 1 amide bonds. The molecule has 1 aromatic carbocycles. The van der Waals surface area contributed by atoms with Gasteiger partial charge in [-0.25, -0.2) is 12.8 Å². The monoisotopic (exact) mass is 302 g/mol. The van der Waals surface area contributed by atoms with Crippen molar-refractivity contribution in [1.82, 2.24) is 0 Å². The molecule has 1 aromatic rings. The lowest BCUT2D eigenvalue weighted by Crippen LogP contribution is -2.27. The molecule has 1 aliphatic heterocycles. The van der Waals surface area contributed by atoms with Crippen molar-refractivity contribution in [3.05, 3.63) is 24.0 Å². The number of nitrogens with one attached hydrogen (secondary N) is 2. The molecular weight excluding hydrogens is 287 g/mol. The van der Waals surface area contributed by atoms with Gasteiger partial charge in [0, 0.05) is 6.61 Å². The zero-order valence-electron chi connectivity index (χ0n) is 10.8. The first-order valence-electron chi connectivity index (χ1n) is 6.05. The second-order valence-corrected chi connectivity index (χ2v) is 6.30. The number of hydrogen-bond donors (Lipinski definition) is 2. The molecular formula is C12H15FN2O4S. The molecule has 2 rings (SSSR count). The maximum atomic E-state index is 13.2. The average molecular weight is 302 g/mol. The van der Waals surface area contributed by atoms with Crippen molar-refractivity contribution in [2.45, 2.75) is 18.9 Å². The lowest BCUT2D eigenvalue weighted by Gasteiger charge is -2.14. The van der Waals surface area contributed by atoms with E-state index in [4.69, 9.17) is 4.74 Å². The van der Waals surface area contributed by atoms with Gasteiger partial charge in [-0.05, 0) is 31.0 Å². The Morgan fingerprint density at radius 3 is 2.75 bits per heavy atom. The molecule has 20 heavy (non-hydrogen) atoms. The molecule has 8 heteroatoms. The van der Waals surface area contributed by atoms with Gasteiger partial charge in [0.1, 0.15) is 11.9 Å². The highest BCUT2D eigenvalue weighted by molar-refractivity contribution is 7.92. The van der Waals surface area contributed by atoms with Crippen molar-refractivity contribution in [2.75, 3.05) is 22.9 Å². The average Bonchev–Trinajstić information content (AvgIpc) is 2.85. The van der Waals surface area contributed by atoms with Gasteiger partial charge in [-0.1, -0.05) is 0 Å². The molecule has 0 aromatic heterocycles. The molecule has 0 spiro atoms. The molecule has 1 atom stereocenters. The van der Waals surface area contributed by atoms with Gasteiger partial charge in [0.15, 0.2) is 0 Å². The number of carbonyl (C=O) groups is 1. The molecule has 1 unspecified atom stereocenters. The first kappa shape index (κ1) is 14.7. The van der Waals surface area contributed by atoms with Gasteiger partial charge in [0.2, 0.25) is 10.0 Å². The molecule has 0 radical (unpaired) electrons. The molecule has 110 valence electrons. The fourth-order valence-electron chi connectivity index (χ4n) is 1.91. The van der Waals surface area contributed by atoms with Crippen LogP contribution in [0.4, 0.5) is 15.8 Å². The number of benzene rings is 1. The number of carbonyl (C=O) groups excluding carboxylic acids is 1. The largest absolute Gasteiger partial charge is 0.368 e. The third-order valence-electron chi connectivity index (χ3n) is 2.76. The van der Waals surface area contributed by atoms with Gasteiger partial charge in [0.05, 0.1) is 17.6 Å². The normalized spacial score (nSPS) is 18.8. The summed E-state index contributed by atoms with van der Waals surface area (Å²) in [5.74, 6) is -0.989. The first-order valence-corrected chi connectivity index (χ1v) is 7.94. The molecule has 0 saturated carbocycles. The van der Waals surface area contributed by atoms with E-state index >= 15 is 0 Å². The quantitative estimate of drug-likeness (QED) is 0.878. The minimum absolute atomic E-state index is 0.0657. The lowest BCUT2D eigenvalue weighted by molar-refractivity contribution is -0.124. The number of rotatable bonds is 4. The van der Waals surface area contributed by atoms with Gasteiger partial charge in [-0.3, -0.25) is 9.52 Å². The van der Waals surface area contributed by atoms with E-state index in [0.717, 1.165) is 24.8 Å². The molecule has 1 heterocycles. The number of hydrogen-bond acceptors (Lipinski definition) is 4. The Morgan fingerprint density at radius 1 is 1.40 bits per heavy atom. The predicted octanol–water partition coefficient (Wildman–Crippen LogP) is 1.31. The maximum Gasteiger partial charge on any atom is 0.253 e. The van der Waals surface area contributed by atoms with Crippen molar-refractivity contribution >= 4 is 27.3 Å². The Bertz CT molecular complexity index is 612. The van der Waals surface area contributed by atoms with Crippen LogP contribution in [0.1, 0.15) is 12.8 Å². The second-order valence-electron chi connectivity index (χ2n) is 4.56. The van der Waals surface area contributed by atoms with Crippen LogP contribution in [0.2, 0.25) is 0 Å². The van der Waals surface area contributed by atoms with Crippen LogP contribution >= 0.6 is 0 Å². The summed E-state index contributed by atoms with van der Waals surface area (Å²) in [5.41, 5.74) is 0.177. The van der Waals surface area contributed by atoms with E-state index in [9.17, 15) is 17.6 Å². The standard InChI is InChI=1S/C12H15FN2O4S/c1-20(17,18)15-9-5-4-8(13)7-10(9)14-12(16)11-3-2-6-19-11/h4-5,7,11,15H,2-3,6H2,1H3,(H,14,16). The van der Waals surface area contributed by atoms with Crippen LogP contribution in [0, 0.1) is 5.82 Å². The second kappa shape index (κ2) is 5.76. The highest BCUT2D eigenvalue weighted by atomic mass is 32.2. The summed E-state index contributed by atoms with van der Waals surface area (Å²) in [6, 6.07) is 3.41. The van der Waals surface area contributed by atoms with Gasteiger partial charge in [-0.2, -0.15) is 0 Å². The summed E-state index contributed by atoms with van der Waals surface area (Å²) in [5, 5.41) is 2.48. The highest BCUT2D eigenvalue weighted by Crippen LogP contribution is 2.25. The predicted molar refractivity (Wildman–Crippen MR) is 72.5 cm³/mol. The third-order valence-corrected chi connectivity index (χ3v) is 3.35. The maximum absolute atomic E-state index is 13.2. The van der Waals surface area contributed by atoms with E-state index in [2.05, 4.69) is 10.0 Å². The fourth-order valence-corrected chi connectivity index (χ4v) is 2.48. The van der Waals surface area contributed by atoms with Crippen molar-refractivity contribution in [3.8, 4) is 0 Å². The number of amides is 1. The van der Waals surface area contributed by atoms with Crippen LogP contribution in [0.5, 0.6) is 0 Å². The molecule has 0 aliphatic carbocycles. The Morgan fingerprint density at radius 2 is 2.15 bits per heavy atom. The minimum Gasteiger partial charge on any atom is -0.368 e. The zero-order valence-corrected chi connectivity index (χ0v) is 11.7. The topological polar surface area (TPSA) is 84.5 Å². The number of ether oxygens (including phenoxy) is 1. The highest BCUT2D eigenvalue weighted by Gasteiger charge is 2.24. The fraction of sp³-hybridized carbons (Fsp3) is 0.417. The Hall–Kier alpha value is -1.67. The van der Waals surface area contributed by atoms with Crippen molar-refractivity contribution in [1.29, 1.82) is 0 Å². The van der Waals surface area contributed by atoms with E-state index in [1.54, 1.807) is 0 Å². The zero-order chi connectivity index (χ0) is 14.8. The summed E-state index contributed by atoms with van der Waals surface area (Å²) in [4.78, 5) is 11.9. The van der Waals surface area contributed by atoms with Gasteiger partial charge in [-0.15, -0.1) is 0 Å². The third kappa shape index (κ3) is 3.91. The van der Waals surface area contributed by atoms with Crippen molar-refractivity contribution in [3.63, 3.8) is 0 Å². The molecule has 1 fully saturated rings. The molecule has 2 N–H and O–H groups in total. The minimum atomic E-state index is -3.52. The Balaban J connectivity index is 2.20. The molecule has 0 bridgehead atoms. The summed E-state index contributed by atoms with van der Waals surface area (Å²) in [6.07, 6.45) is 1.78. The van der Waals surface area contributed by atoms with Gasteiger partial charge >= 0.3 is 0 Å². The van der Waals surface area contributed by atoms with Gasteiger partial charge < -0.3 is 10.1 Å².